The summed E-state index contributed by atoms with van der Waals surface area (Å²) in [6.45, 7) is -0.704. The number of likely N-dealkylation sites (N-methyl/N-ethyl adjacent to an activating group) is 1. The molecule has 0 aromatic heterocycles. The smallest absolute Gasteiger partial charge is 0.404 e. The van der Waals surface area contributed by atoms with E-state index in [1.165, 1.54) is 24.3 Å². The molecule has 2 aromatic rings. The maximum Gasteiger partial charge on any atom is 0.573 e. The average molecular weight is 457 g/mol. The maximum atomic E-state index is 12.6. The van der Waals surface area contributed by atoms with Gasteiger partial charge in [0.15, 0.2) is 0 Å². The Balaban J connectivity index is 2.22. The van der Waals surface area contributed by atoms with E-state index in [9.17, 15) is 26.4 Å². The van der Waals surface area contributed by atoms with Crippen LogP contribution in [0.5, 0.6) is 5.75 Å². The second kappa shape index (κ2) is 8.56. The first-order valence-corrected chi connectivity index (χ1v) is 9.66. The Hall–Kier alpha value is -2.01. The van der Waals surface area contributed by atoms with Gasteiger partial charge in [0.1, 0.15) is 10.6 Å². The summed E-state index contributed by atoms with van der Waals surface area (Å²) in [6.07, 6.45) is -5.08. The van der Waals surface area contributed by atoms with Gasteiger partial charge in [-0.15, -0.1) is 13.2 Å². The number of alkyl halides is 3. The maximum absolute atomic E-state index is 12.6. The Bertz CT molecular complexity index is 964. The SMILES string of the molecule is CN(CC(=O)Nc1c(Cl)cccc1Cl)S(=O)(=O)c1ccccc1OC(F)(F)F. The van der Waals surface area contributed by atoms with Crippen LogP contribution in [0, 0.1) is 0 Å². The van der Waals surface area contributed by atoms with Gasteiger partial charge < -0.3 is 10.1 Å². The van der Waals surface area contributed by atoms with Crippen molar-refractivity contribution in [1.29, 1.82) is 0 Å². The van der Waals surface area contributed by atoms with Crippen LogP contribution in [-0.4, -0.2) is 38.6 Å². The molecule has 0 bridgehead atoms. The van der Waals surface area contributed by atoms with E-state index in [1.54, 1.807) is 6.07 Å². The highest BCUT2D eigenvalue weighted by molar-refractivity contribution is 7.89. The van der Waals surface area contributed by atoms with Crippen LogP contribution >= 0.6 is 23.2 Å². The first-order valence-electron chi connectivity index (χ1n) is 7.47. The van der Waals surface area contributed by atoms with Crippen molar-refractivity contribution in [2.24, 2.45) is 0 Å². The monoisotopic (exact) mass is 456 g/mol. The minimum atomic E-state index is -5.08. The molecule has 0 fully saturated rings. The van der Waals surface area contributed by atoms with Crippen molar-refractivity contribution >= 4 is 44.8 Å². The molecule has 0 aliphatic heterocycles. The van der Waals surface area contributed by atoms with Crippen LogP contribution in [-0.2, 0) is 14.8 Å². The number of nitrogens with zero attached hydrogens (tertiary/aromatic N) is 1. The third-order valence-electron chi connectivity index (χ3n) is 3.36. The number of amides is 1. The Kier molecular flexibility index (Phi) is 6.81. The zero-order valence-electron chi connectivity index (χ0n) is 14.1. The van der Waals surface area contributed by atoms with Gasteiger partial charge in [-0.3, -0.25) is 4.79 Å². The van der Waals surface area contributed by atoms with Gasteiger partial charge in [-0.25, -0.2) is 8.42 Å². The van der Waals surface area contributed by atoms with Crippen LogP contribution in [0.4, 0.5) is 18.9 Å². The molecule has 1 amide bonds. The molecule has 12 heteroatoms. The number of rotatable bonds is 6. The minimum Gasteiger partial charge on any atom is -0.404 e. The summed E-state index contributed by atoms with van der Waals surface area (Å²) < 4.78 is 67.1. The van der Waals surface area contributed by atoms with E-state index in [0.29, 0.717) is 4.31 Å². The highest BCUT2D eigenvalue weighted by Gasteiger charge is 2.35. The molecule has 2 aromatic carbocycles. The third-order valence-corrected chi connectivity index (χ3v) is 5.83. The number of hydrogen-bond acceptors (Lipinski definition) is 4. The zero-order valence-corrected chi connectivity index (χ0v) is 16.5. The fourth-order valence-corrected chi connectivity index (χ4v) is 3.85. The highest BCUT2D eigenvalue weighted by atomic mass is 35.5. The lowest BCUT2D eigenvalue weighted by Gasteiger charge is -2.20. The summed E-state index contributed by atoms with van der Waals surface area (Å²) >= 11 is 11.8. The number of halogens is 5. The summed E-state index contributed by atoms with van der Waals surface area (Å²) in [6, 6.07) is 8.70. The fraction of sp³-hybridized carbons (Fsp3) is 0.188. The third kappa shape index (κ3) is 5.51. The zero-order chi connectivity index (χ0) is 21.1. The van der Waals surface area contributed by atoms with Gasteiger partial charge in [0, 0.05) is 7.05 Å². The first kappa shape index (κ1) is 22.3. The lowest BCUT2D eigenvalue weighted by molar-refractivity contribution is -0.275. The Morgan fingerprint density at radius 3 is 2.25 bits per heavy atom. The van der Waals surface area contributed by atoms with Crippen molar-refractivity contribution in [2.45, 2.75) is 11.3 Å². The molecular formula is C16H13Cl2F3N2O4S. The normalized spacial score (nSPS) is 12.1. The van der Waals surface area contributed by atoms with E-state index in [0.717, 1.165) is 19.2 Å². The van der Waals surface area contributed by atoms with Crippen LogP contribution in [0.15, 0.2) is 47.4 Å². The molecule has 0 saturated carbocycles. The van der Waals surface area contributed by atoms with Crippen LogP contribution in [0.1, 0.15) is 0 Å². The molecule has 6 nitrogen and oxygen atoms in total. The fourth-order valence-electron chi connectivity index (χ4n) is 2.12. The molecule has 0 heterocycles. The summed E-state index contributed by atoms with van der Waals surface area (Å²) in [5.41, 5.74) is 0.0856. The van der Waals surface area contributed by atoms with Gasteiger partial charge in [0.2, 0.25) is 15.9 Å². The molecule has 0 aliphatic rings. The lowest BCUT2D eigenvalue weighted by atomic mass is 10.3. The van der Waals surface area contributed by atoms with E-state index >= 15 is 0 Å². The number of carbonyl (C=O) groups is 1. The van der Waals surface area contributed by atoms with E-state index in [-0.39, 0.29) is 15.7 Å². The molecular weight excluding hydrogens is 444 g/mol. The van der Waals surface area contributed by atoms with Crippen LogP contribution in [0.3, 0.4) is 0 Å². The molecule has 28 heavy (non-hydrogen) atoms. The molecule has 0 aliphatic carbocycles. The number of carbonyl (C=O) groups excluding carboxylic acids is 1. The predicted octanol–water partition coefficient (Wildman–Crippen LogP) is 4.15. The molecule has 1 N–H and O–H groups in total. The van der Waals surface area contributed by atoms with Gasteiger partial charge >= 0.3 is 6.36 Å². The minimum absolute atomic E-state index is 0.0856. The van der Waals surface area contributed by atoms with Crippen molar-refractivity contribution in [3.8, 4) is 5.75 Å². The average Bonchev–Trinajstić information content (AvgIpc) is 2.57. The molecule has 0 spiro atoms. The number of ether oxygens (including phenoxy) is 1. The Morgan fingerprint density at radius 1 is 1.11 bits per heavy atom. The quantitative estimate of drug-likeness (QED) is 0.708. The van der Waals surface area contributed by atoms with Gasteiger partial charge in [-0.2, -0.15) is 4.31 Å². The number of anilines is 1. The Morgan fingerprint density at radius 2 is 1.68 bits per heavy atom. The van der Waals surface area contributed by atoms with Gasteiger partial charge in [-0.05, 0) is 24.3 Å². The van der Waals surface area contributed by atoms with Gasteiger partial charge in [0.05, 0.1) is 22.3 Å². The topological polar surface area (TPSA) is 75.7 Å². The van der Waals surface area contributed by atoms with Crippen LogP contribution in [0.2, 0.25) is 10.0 Å². The van der Waals surface area contributed by atoms with Crippen molar-refractivity contribution in [3.63, 3.8) is 0 Å². The molecule has 2 rings (SSSR count). The molecule has 0 saturated heterocycles. The number of hydrogen-bond donors (Lipinski definition) is 1. The van der Waals surface area contributed by atoms with E-state index in [2.05, 4.69) is 10.1 Å². The molecule has 152 valence electrons. The summed E-state index contributed by atoms with van der Waals surface area (Å²) in [5, 5.41) is 2.63. The number of nitrogens with one attached hydrogen (secondary N) is 1. The van der Waals surface area contributed by atoms with Gasteiger partial charge in [-0.1, -0.05) is 41.4 Å². The standard InChI is InChI=1S/C16H13Cl2F3N2O4S/c1-23(9-14(24)22-15-10(17)5-4-6-11(15)18)28(25,26)13-8-3-2-7-12(13)27-16(19,20)21/h2-8H,9H2,1H3,(H,22,24). The van der Waals surface area contributed by atoms with E-state index in [4.69, 9.17) is 23.2 Å². The second-order valence-corrected chi connectivity index (χ2v) is 8.23. The van der Waals surface area contributed by atoms with Crippen molar-refractivity contribution in [2.75, 3.05) is 18.9 Å². The van der Waals surface area contributed by atoms with Crippen molar-refractivity contribution < 1.29 is 31.1 Å². The summed E-state index contributed by atoms with van der Waals surface area (Å²) in [7, 11) is -3.43. The second-order valence-electron chi connectivity index (χ2n) is 5.40. The van der Waals surface area contributed by atoms with Crippen molar-refractivity contribution in [3.05, 3.63) is 52.5 Å². The largest absolute Gasteiger partial charge is 0.573 e. The van der Waals surface area contributed by atoms with E-state index < -0.39 is 39.5 Å². The van der Waals surface area contributed by atoms with Gasteiger partial charge in [0.25, 0.3) is 0 Å². The molecule has 0 unspecified atom stereocenters. The molecule has 0 radical (unpaired) electrons. The first-order chi connectivity index (χ1) is 12.9. The lowest BCUT2D eigenvalue weighted by Crippen LogP contribution is -2.35. The van der Waals surface area contributed by atoms with Crippen molar-refractivity contribution in [1.82, 2.24) is 4.31 Å². The summed E-state index contributed by atoms with van der Waals surface area (Å²) in [5.74, 6) is -1.70. The van der Waals surface area contributed by atoms with Crippen LogP contribution < -0.4 is 10.1 Å². The Labute approximate surface area is 168 Å². The predicted molar refractivity (Wildman–Crippen MR) is 98.0 cm³/mol. The van der Waals surface area contributed by atoms with E-state index in [1.807, 2.05) is 0 Å². The number of sulfonamides is 1. The highest BCUT2D eigenvalue weighted by Crippen LogP contribution is 2.32. The summed E-state index contributed by atoms with van der Waals surface area (Å²) in [4.78, 5) is 11.4. The molecule has 0 atom stereocenters. The number of benzene rings is 2. The number of para-hydroxylation sites is 2. The van der Waals surface area contributed by atoms with Crippen LogP contribution in [0.25, 0.3) is 0 Å².